The number of H-pyrrole nitrogens is 1. The van der Waals surface area contributed by atoms with Crippen LogP contribution in [0.4, 0.5) is 0 Å². The largest absolute Gasteiger partial charge is 0.483 e. The van der Waals surface area contributed by atoms with Crippen molar-refractivity contribution >= 4 is 12.4 Å². The molecule has 1 atom stereocenters. The molecule has 4 rings (SSSR count). The number of ether oxygens (including phenoxy) is 1. The molecule has 1 amide bonds. The standard InChI is InChI=1S/C17H23N5O3.CH2O2/c1-21-7-12(6-20-21)13-8-22(9-14-15(13)19-11-18-14)16(24)17(10-23)2-4-25-5-3-17;2-1-3/h6-7,11,13,23H,2-5,8-10H2,1H3,(H,18,19);1H,(H,2,3). The van der Waals surface area contributed by atoms with Crippen molar-refractivity contribution in [2.45, 2.75) is 25.3 Å². The zero-order valence-corrected chi connectivity index (χ0v) is 15.7. The van der Waals surface area contributed by atoms with E-state index in [-0.39, 0.29) is 24.9 Å². The molecule has 0 saturated carbocycles. The number of rotatable bonds is 3. The summed E-state index contributed by atoms with van der Waals surface area (Å²) in [5.74, 6) is -0.00401. The van der Waals surface area contributed by atoms with E-state index in [1.807, 2.05) is 24.3 Å². The van der Waals surface area contributed by atoms with Gasteiger partial charge < -0.3 is 24.8 Å². The maximum absolute atomic E-state index is 13.3. The minimum Gasteiger partial charge on any atom is -0.483 e. The van der Waals surface area contributed by atoms with E-state index in [0.29, 0.717) is 39.1 Å². The summed E-state index contributed by atoms with van der Waals surface area (Å²) in [6.45, 7) is 1.68. The van der Waals surface area contributed by atoms with Crippen LogP contribution in [-0.2, 0) is 27.9 Å². The van der Waals surface area contributed by atoms with Crippen molar-refractivity contribution in [2.24, 2.45) is 12.5 Å². The third-order valence-corrected chi connectivity index (χ3v) is 5.45. The van der Waals surface area contributed by atoms with Gasteiger partial charge in [-0.25, -0.2) is 4.98 Å². The van der Waals surface area contributed by atoms with Crippen LogP contribution in [0, 0.1) is 5.41 Å². The Bertz CT molecular complexity index is 811. The minimum absolute atomic E-state index is 0.00689. The molecule has 28 heavy (non-hydrogen) atoms. The molecule has 10 nitrogen and oxygen atoms in total. The number of aliphatic hydroxyl groups excluding tert-OH is 1. The van der Waals surface area contributed by atoms with Gasteiger partial charge in [-0.3, -0.25) is 14.3 Å². The van der Waals surface area contributed by atoms with E-state index in [1.165, 1.54) is 0 Å². The molecule has 1 fully saturated rings. The van der Waals surface area contributed by atoms with Gasteiger partial charge >= 0.3 is 0 Å². The van der Waals surface area contributed by atoms with Gasteiger partial charge in [-0.2, -0.15) is 5.10 Å². The quantitative estimate of drug-likeness (QED) is 0.632. The second kappa shape index (κ2) is 8.53. The van der Waals surface area contributed by atoms with Crippen LogP contribution in [0.5, 0.6) is 0 Å². The molecule has 3 N–H and O–H groups in total. The molecular weight excluding hydrogens is 366 g/mol. The maximum Gasteiger partial charge on any atom is 0.290 e. The van der Waals surface area contributed by atoms with Crippen molar-refractivity contribution in [3.8, 4) is 0 Å². The molecule has 2 aromatic rings. The highest BCUT2D eigenvalue weighted by molar-refractivity contribution is 5.83. The number of hydrogen-bond acceptors (Lipinski definition) is 6. The van der Waals surface area contributed by atoms with Crippen molar-refractivity contribution in [1.29, 1.82) is 0 Å². The lowest BCUT2D eigenvalue weighted by Gasteiger charge is -2.41. The first-order valence-electron chi connectivity index (χ1n) is 9.11. The summed E-state index contributed by atoms with van der Waals surface area (Å²) in [6, 6.07) is 0. The fraction of sp³-hybridized carbons (Fsp3) is 0.556. The lowest BCUT2D eigenvalue weighted by atomic mass is 9.78. The van der Waals surface area contributed by atoms with E-state index in [9.17, 15) is 9.90 Å². The average molecular weight is 391 g/mol. The number of aryl methyl sites for hydroxylation is 1. The number of imidazole rings is 1. The number of fused-ring (bicyclic) bond motifs is 1. The normalized spacial score (nSPS) is 20.6. The highest BCUT2D eigenvalue weighted by Crippen LogP contribution is 2.37. The van der Waals surface area contributed by atoms with Crippen LogP contribution >= 0.6 is 0 Å². The Balaban J connectivity index is 0.000000706. The number of carbonyl (C=O) groups is 2. The first-order valence-corrected chi connectivity index (χ1v) is 9.11. The molecule has 0 aromatic carbocycles. The van der Waals surface area contributed by atoms with Crippen molar-refractivity contribution < 1.29 is 24.5 Å². The molecule has 4 heterocycles. The van der Waals surface area contributed by atoms with Crippen LogP contribution in [0.3, 0.4) is 0 Å². The zero-order valence-electron chi connectivity index (χ0n) is 15.7. The Hall–Kier alpha value is -2.72. The third-order valence-electron chi connectivity index (χ3n) is 5.45. The second-order valence-corrected chi connectivity index (χ2v) is 7.11. The number of carboxylic acid groups (broad SMARTS) is 1. The smallest absolute Gasteiger partial charge is 0.290 e. The van der Waals surface area contributed by atoms with Crippen molar-refractivity contribution in [1.82, 2.24) is 24.6 Å². The number of nitrogens with zero attached hydrogens (tertiary/aromatic N) is 4. The Morgan fingerprint density at radius 1 is 1.46 bits per heavy atom. The number of aromatic amines is 1. The highest BCUT2D eigenvalue weighted by Gasteiger charge is 2.44. The number of amides is 1. The molecule has 152 valence electrons. The molecule has 0 spiro atoms. The van der Waals surface area contributed by atoms with Gasteiger partial charge in [0.05, 0.1) is 42.5 Å². The van der Waals surface area contributed by atoms with Gasteiger partial charge in [0, 0.05) is 44.5 Å². The van der Waals surface area contributed by atoms with E-state index in [2.05, 4.69) is 15.1 Å². The number of aliphatic hydroxyl groups is 1. The molecule has 2 aromatic heterocycles. The molecular formula is C18H25N5O5. The lowest BCUT2D eigenvalue weighted by molar-refractivity contribution is -0.152. The molecule has 2 aliphatic rings. The van der Waals surface area contributed by atoms with E-state index in [1.54, 1.807) is 11.0 Å². The highest BCUT2D eigenvalue weighted by atomic mass is 16.5. The van der Waals surface area contributed by atoms with Crippen LogP contribution < -0.4 is 0 Å². The number of carbonyl (C=O) groups excluding carboxylic acids is 1. The van der Waals surface area contributed by atoms with Gasteiger partial charge in [0.1, 0.15) is 0 Å². The first-order chi connectivity index (χ1) is 13.5. The van der Waals surface area contributed by atoms with Crippen LogP contribution in [0.15, 0.2) is 18.7 Å². The third kappa shape index (κ3) is 3.78. The Morgan fingerprint density at radius 3 is 2.79 bits per heavy atom. The van der Waals surface area contributed by atoms with Gasteiger partial charge in [-0.15, -0.1) is 0 Å². The fourth-order valence-electron chi connectivity index (χ4n) is 3.90. The number of nitrogens with one attached hydrogen (secondary N) is 1. The number of hydrogen-bond donors (Lipinski definition) is 3. The lowest BCUT2D eigenvalue weighted by Crippen LogP contribution is -2.51. The Kier molecular flexibility index (Phi) is 6.10. The van der Waals surface area contributed by atoms with Crippen molar-refractivity contribution in [3.63, 3.8) is 0 Å². The SMILES string of the molecule is Cn1cc(C2CN(C(=O)C3(CO)CCOCC3)Cc3[nH]cnc32)cn1.O=CO. The molecule has 2 aliphatic heterocycles. The molecule has 10 heteroatoms. The second-order valence-electron chi connectivity index (χ2n) is 7.11. The summed E-state index contributed by atoms with van der Waals surface area (Å²) in [7, 11) is 1.88. The summed E-state index contributed by atoms with van der Waals surface area (Å²) in [5, 5.41) is 21.1. The Morgan fingerprint density at radius 2 is 2.18 bits per heavy atom. The van der Waals surface area contributed by atoms with Crippen LogP contribution in [0.1, 0.15) is 35.7 Å². The van der Waals surface area contributed by atoms with Crippen molar-refractivity contribution in [3.05, 3.63) is 35.7 Å². The molecule has 0 aliphatic carbocycles. The first kappa shape index (κ1) is 20.0. The summed E-state index contributed by atoms with van der Waals surface area (Å²) in [5.41, 5.74) is 2.24. The predicted octanol–water partition coefficient (Wildman–Crippen LogP) is 0.107. The Labute approximate surface area is 162 Å². The van der Waals surface area contributed by atoms with E-state index < -0.39 is 5.41 Å². The molecule has 1 unspecified atom stereocenters. The van der Waals surface area contributed by atoms with Crippen molar-refractivity contribution in [2.75, 3.05) is 26.4 Å². The topological polar surface area (TPSA) is 134 Å². The fourth-order valence-corrected chi connectivity index (χ4v) is 3.90. The minimum atomic E-state index is -0.727. The van der Waals surface area contributed by atoms with Gasteiger partial charge in [0.25, 0.3) is 6.47 Å². The van der Waals surface area contributed by atoms with Gasteiger partial charge in [-0.05, 0) is 12.8 Å². The molecule has 0 bridgehead atoms. The van der Waals surface area contributed by atoms with E-state index in [0.717, 1.165) is 17.0 Å². The van der Waals surface area contributed by atoms with E-state index >= 15 is 0 Å². The average Bonchev–Trinajstić information content (AvgIpc) is 3.36. The van der Waals surface area contributed by atoms with Crippen LogP contribution in [0.25, 0.3) is 0 Å². The van der Waals surface area contributed by atoms with Gasteiger partial charge in [0.2, 0.25) is 5.91 Å². The van der Waals surface area contributed by atoms with Crippen LogP contribution in [0.2, 0.25) is 0 Å². The van der Waals surface area contributed by atoms with E-state index in [4.69, 9.17) is 14.6 Å². The summed E-state index contributed by atoms with van der Waals surface area (Å²) < 4.78 is 7.15. The zero-order chi connectivity index (χ0) is 20.1. The maximum atomic E-state index is 13.3. The van der Waals surface area contributed by atoms with Gasteiger partial charge in [-0.1, -0.05) is 0 Å². The summed E-state index contributed by atoms with van der Waals surface area (Å²) in [6.07, 6.45) is 6.59. The summed E-state index contributed by atoms with van der Waals surface area (Å²) in [4.78, 5) is 31.1. The van der Waals surface area contributed by atoms with Gasteiger partial charge in [0.15, 0.2) is 0 Å². The summed E-state index contributed by atoms with van der Waals surface area (Å²) >= 11 is 0. The molecule has 0 radical (unpaired) electrons. The molecule has 1 saturated heterocycles. The number of aromatic nitrogens is 4. The van der Waals surface area contributed by atoms with Crippen LogP contribution in [-0.4, -0.2) is 73.6 Å². The monoisotopic (exact) mass is 391 g/mol. The predicted molar refractivity (Wildman–Crippen MR) is 97.3 cm³/mol.